The number of primary amides is 5. The van der Waals surface area contributed by atoms with Gasteiger partial charge in [0.1, 0.15) is 90.6 Å². The third kappa shape index (κ3) is 25.8. The molecule has 4 aromatic rings. The van der Waals surface area contributed by atoms with E-state index in [0.717, 1.165) is 9.80 Å². The number of fused-ring (bicyclic) bond motifs is 1. The Bertz CT molecular complexity index is 5020. The van der Waals surface area contributed by atoms with Crippen LogP contribution in [0.5, 0.6) is 0 Å². The van der Waals surface area contributed by atoms with Crippen LogP contribution < -0.4 is 76.5 Å². The van der Waals surface area contributed by atoms with Crippen LogP contribution >= 0.6 is 0 Å². The lowest BCUT2D eigenvalue weighted by Gasteiger charge is -2.33. The van der Waals surface area contributed by atoms with Gasteiger partial charge in [0.15, 0.2) is 0 Å². The van der Waals surface area contributed by atoms with Crippen LogP contribution in [0, 0.1) is 0 Å². The summed E-state index contributed by atoms with van der Waals surface area (Å²) < 4.78 is 0. The van der Waals surface area contributed by atoms with Gasteiger partial charge in [0.25, 0.3) is 0 Å². The second kappa shape index (κ2) is 46.0. The molecule has 1 aromatic heterocycles. The Morgan fingerprint density at radius 2 is 0.644 bits per heavy atom. The number of amides is 20. The summed E-state index contributed by atoms with van der Waals surface area (Å²) in [6.07, 6.45) is -0.919. The molecule has 0 aliphatic carbocycles. The minimum Gasteiger partial charge on any atom is -0.481 e. The van der Waals surface area contributed by atoms with Crippen LogP contribution in [0.15, 0.2) is 91.1 Å². The van der Waals surface area contributed by atoms with Crippen molar-refractivity contribution >= 4 is 135 Å². The van der Waals surface area contributed by atoms with Crippen LogP contribution in [0.3, 0.4) is 0 Å². The molecule has 132 heavy (non-hydrogen) atoms. The summed E-state index contributed by atoms with van der Waals surface area (Å²) in [5, 5.41) is 34.8. The average molecular weight is 1830 g/mol. The van der Waals surface area contributed by atoms with Crippen molar-refractivity contribution in [2.24, 2.45) is 28.7 Å². The van der Waals surface area contributed by atoms with Gasteiger partial charge in [-0.05, 0) is 138 Å². The second-order valence-corrected chi connectivity index (χ2v) is 34.6. The molecular formula is C89H117N21O22. The minimum absolute atomic E-state index is 0.000789. The Labute approximate surface area is 759 Å². The number of aliphatic carboxylic acids is 1. The predicted molar refractivity (Wildman–Crippen MR) is 467 cm³/mol. The molecule has 7 fully saturated rings. The zero-order chi connectivity index (χ0) is 95.1. The smallest absolute Gasteiger partial charge is 0.303 e. The summed E-state index contributed by atoms with van der Waals surface area (Å²) in [6, 6.07) is 3.71. The molecule has 7 aliphatic heterocycles. The lowest BCUT2D eigenvalue weighted by molar-refractivity contribution is -0.146. The van der Waals surface area contributed by atoms with Crippen molar-refractivity contribution in [3.8, 4) is 0 Å². The number of carboxylic acids is 1. The number of nitrogens with two attached hydrogens (primary N) is 5. The van der Waals surface area contributed by atoms with E-state index in [1.165, 1.54) is 19.6 Å². The van der Waals surface area contributed by atoms with Crippen LogP contribution in [-0.2, 0) is 120 Å². The van der Waals surface area contributed by atoms with Gasteiger partial charge in [-0.15, -0.1) is 0 Å². The Morgan fingerprint density at radius 1 is 0.341 bits per heavy atom. The van der Waals surface area contributed by atoms with Gasteiger partial charge in [-0.3, -0.25) is 101 Å². The van der Waals surface area contributed by atoms with Gasteiger partial charge in [0.05, 0.1) is 0 Å². The highest BCUT2D eigenvalue weighted by Gasteiger charge is 2.49. The number of carbonyl (C=O) groups is 21. The van der Waals surface area contributed by atoms with Crippen molar-refractivity contribution in [1.29, 1.82) is 0 Å². The van der Waals surface area contributed by atoms with Gasteiger partial charge < -0.3 is 116 Å². The number of hydrogen-bond acceptors (Lipinski definition) is 21. The molecule has 8 heterocycles. The molecule has 11 rings (SSSR count). The molecule has 20 amide bonds. The number of carbonyl (C=O) groups excluding carboxylic acids is 20. The van der Waals surface area contributed by atoms with Gasteiger partial charge in [-0.2, -0.15) is 0 Å². The molecule has 0 radical (unpaired) electrons. The van der Waals surface area contributed by atoms with Crippen molar-refractivity contribution in [3.63, 3.8) is 0 Å². The van der Waals surface area contributed by atoms with Crippen LogP contribution in [0.4, 0.5) is 0 Å². The molecule has 0 spiro atoms. The fraction of sp³-hybridized carbons (Fsp3) is 0.539. The highest BCUT2D eigenvalue weighted by Crippen LogP contribution is 2.30. The molecule has 7 aliphatic rings. The topological polar surface area (TPSA) is 652 Å². The Balaban J connectivity index is 0.760. The molecule has 3 aromatic carbocycles. The van der Waals surface area contributed by atoms with E-state index in [4.69, 9.17) is 28.7 Å². The molecule has 43 nitrogen and oxygen atoms in total. The van der Waals surface area contributed by atoms with E-state index in [-0.39, 0.29) is 167 Å². The highest BCUT2D eigenvalue weighted by atomic mass is 16.4. The average Bonchev–Trinajstić information content (AvgIpc) is 1.63. The van der Waals surface area contributed by atoms with Crippen molar-refractivity contribution in [3.05, 3.63) is 108 Å². The first-order valence-corrected chi connectivity index (χ1v) is 45.0. The van der Waals surface area contributed by atoms with Crippen molar-refractivity contribution < 1.29 is 106 Å². The van der Waals surface area contributed by atoms with Crippen LogP contribution in [0.1, 0.15) is 171 Å². The van der Waals surface area contributed by atoms with E-state index >= 15 is 24.0 Å². The van der Waals surface area contributed by atoms with E-state index in [1.54, 1.807) is 91.1 Å². The molecule has 15 atom stereocenters. The van der Waals surface area contributed by atoms with Gasteiger partial charge in [-0.1, -0.05) is 78.9 Å². The summed E-state index contributed by atoms with van der Waals surface area (Å²) in [4.78, 5) is 303. The van der Waals surface area contributed by atoms with Crippen molar-refractivity contribution in [2.45, 2.75) is 264 Å². The van der Waals surface area contributed by atoms with E-state index in [9.17, 15) is 81.8 Å². The number of benzene rings is 3. The third-order valence-corrected chi connectivity index (χ3v) is 25.4. The molecule has 0 saturated carbocycles. The van der Waals surface area contributed by atoms with Gasteiger partial charge in [0, 0.05) is 114 Å². The highest BCUT2D eigenvalue weighted by molar-refractivity contribution is 6.03. The third-order valence-electron chi connectivity index (χ3n) is 25.4. The predicted octanol–water partition coefficient (Wildman–Crippen LogP) is -4.29. The maximum Gasteiger partial charge on any atom is 0.303 e. The Kier molecular flexibility index (Phi) is 34.4. The van der Waals surface area contributed by atoms with Crippen LogP contribution in [-0.4, -0.2) is 293 Å². The number of aromatic nitrogens is 1. The Hall–Kier alpha value is -13.9. The largest absolute Gasteiger partial charge is 0.481 e. The maximum atomic E-state index is 15.3. The maximum absolute atomic E-state index is 15.3. The first kappa shape index (κ1) is 98.7. The number of rotatable bonds is 44. The molecule has 7 saturated heterocycles. The normalized spacial score (nSPS) is 21.1. The quantitative estimate of drug-likeness (QED) is 0.0199. The summed E-state index contributed by atoms with van der Waals surface area (Å²) in [5.74, 6) is -17.5. The van der Waals surface area contributed by atoms with Crippen LogP contribution in [0.2, 0.25) is 0 Å². The number of nitrogens with zero attached hydrogens (tertiary/aromatic N) is 6. The number of nitrogens with one attached hydrogen (secondary N) is 10. The number of aromatic amines is 1. The monoisotopic (exact) mass is 1830 g/mol. The summed E-state index contributed by atoms with van der Waals surface area (Å²) in [7, 11) is 0. The van der Waals surface area contributed by atoms with Gasteiger partial charge in [-0.25, -0.2) is 0 Å². The second-order valence-electron chi connectivity index (χ2n) is 34.6. The molecule has 0 bridgehead atoms. The number of H-pyrrole nitrogens is 1. The molecule has 21 N–H and O–H groups in total. The number of likely N-dealkylation sites (tertiary alicyclic amines) is 6. The molecule has 43 heteroatoms. The fourth-order valence-electron chi connectivity index (χ4n) is 18.6. The van der Waals surface area contributed by atoms with E-state index < -0.39 is 247 Å². The van der Waals surface area contributed by atoms with Crippen LogP contribution in [0.25, 0.3) is 10.9 Å². The van der Waals surface area contributed by atoms with Gasteiger partial charge in [0.2, 0.25) is 118 Å². The minimum atomic E-state index is -1.79. The van der Waals surface area contributed by atoms with E-state index in [0.29, 0.717) is 40.4 Å². The lowest BCUT2D eigenvalue weighted by atomic mass is 10.0. The first-order valence-electron chi connectivity index (χ1n) is 45.0. The molecule has 0 unspecified atom stereocenters. The SMILES string of the molecule is NC(=O)CC[C@H](NC(=O)[C@H](Cc1c[nH]c2ccccc12)NC(=O)[C@@H]1CCCN1C(=O)[C@H](Cc1ccccc1)NC(=O)[C@@H]1CCCN1C(=O)[C@H](CCC(N)=O)NC(=O)[C@H](CCC(=O)O)NC(=O)[C@@H]1CCCN1C(=O)[C@H](CCC(N)=O)NC(=O)[C@@H]1CCCN1C(=O)[C@H](Cc1ccccc1)NC(=O)[C@@H]1CCCN1C(=O)[C@H](CCC(N)=O)NC(=O)[C@@H]1CCC(=O)N1)C(=O)N1CCC[C@H]1C(N)=O. The molecule has 710 valence electrons. The lowest BCUT2D eigenvalue weighted by Crippen LogP contribution is -2.61. The molecular weight excluding hydrogens is 1720 g/mol. The summed E-state index contributed by atoms with van der Waals surface area (Å²) in [6.45, 7) is -0.0946. The van der Waals surface area contributed by atoms with E-state index in [1.807, 2.05) is 0 Å². The zero-order valence-electron chi connectivity index (χ0n) is 73.2. The van der Waals surface area contributed by atoms with Gasteiger partial charge >= 0.3 is 5.97 Å². The standard InChI is InChI=1S/C89H117N21O22/c90-69(111)33-27-56(84(127)105-39-9-21-63(105)75(94)118)100-78(121)60(47-51-48-95-53-20-8-7-19-52(51)53)102-81(124)66-24-14-44-110(66)89(132)62(46-50-17-5-2-6-18-50)104-83(126)68-26-12-42-108(68)86(129)58(29-35-71(92)113)99-77(120)55(32-38-74(116)117)97-79(122)64-22-10-40-106(64)87(130)59(30-36-72(93)114)101-80(123)65-23-13-43-109(65)88(131)61(45-49-15-3-1-4-16-49)103-82(125)67-25-11-41-107(67)85(128)57(28-34-70(91)112)98-76(119)54-31-37-73(115)96-54/h1-8,15-20,48,54-68,95H,9-14,21-47H2,(H2,90,111)(H2,91,112)(H2,92,113)(H2,93,114)(H2,94,118)(H,96,115)(H,97,122)(H,98,119)(H,99,120)(H,100,121)(H,101,123)(H,102,124)(H,103,125)(H,104,126)(H,116,117)/t54-,55-,56-,57-,58-,59-,60-,61-,62-,63-,64-,65-,66-,67-,68-/m0/s1. The fourth-order valence-corrected chi connectivity index (χ4v) is 18.6. The zero-order valence-corrected chi connectivity index (χ0v) is 73.2. The van der Waals surface area contributed by atoms with Crippen molar-refractivity contribution in [1.82, 2.24) is 82.2 Å². The summed E-state index contributed by atoms with van der Waals surface area (Å²) >= 11 is 0. The van der Waals surface area contributed by atoms with Crippen molar-refractivity contribution in [2.75, 3.05) is 39.3 Å². The van der Waals surface area contributed by atoms with E-state index in [2.05, 4.69) is 52.8 Å². The number of hydrogen-bond donors (Lipinski definition) is 16. The number of carboxylic acid groups (broad SMARTS) is 1. The number of para-hydroxylation sites is 1. The first-order chi connectivity index (χ1) is 63.1. The summed E-state index contributed by atoms with van der Waals surface area (Å²) in [5.41, 5.74) is 30.3. The Morgan fingerprint density at radius 3 is 1.00 bits per heavy atom.